The molecule has 1 aromatic carbocycles. The van der Waals surface area contributed by atoms with Gasteiger partial charge in [-0.1, -0.05) is 30.3 Å². The molecule has 1 unspecified atom stereocenters. The molecule has 0 aliphatic heterocycles. The molecule has 1 aromatic rings. The molecule has 1 rings (SSSR count). The summed E-state index contributed by atoms with van der Waals surface area (Å²) in [7, 11) is -3.71. The molecule has 1 atom stereocenters. The summed E-state index contributed by atoms with van der Waals surface area (Å²) in [5, 5.41) is 9.28. The molecule has 1 N–H and O–H groups in total. The van der Waals surface area contributed by atoms with E-state index in [9.17, 15) is 14.5 Å². The van der Waals surface area contributed by atoms with Crippen LogP contribution in [0.5, 0.6) is 0 Å². The molecule has 0 aliphatic carbocycles. The van der Waals surface area contributed by atoms with Crippen LogP contribution in [-0.4, -0.2) is 24.3 Å². The highest BCUT2D eigenvalue weighted by molar-refractivity contribution is 7.55. The van der Waals surface area contributed by atoms with Crippen LogP contribution in [0.3, 0.4) is 0 Å². The Kier molecular flexibility index (Phi) is 5.54. The molecule has 0 amide bonds. The van der Waals surface area contributed by atoms with Crippen molar-refractivity contribution >= 4 is 13.6 Å². The van der Waals surface area contributed by atoms with Gasteiger partial charge in [0.2, 0.25) is 0 Å². The average Bonchev–Trinajstić information content (AvgIpc) is 2.30. The molecule has 0 aliphatic rings. The van der Waals surface area contributed by atoms with Crippen LogP contribution in [0, 0.1) is 0 Å². The maximum Gasteiger partial charge on any atom is 0.349 e. The lowest BCUT2D eigenvalue weighted by atomic mass is 10.1. The zero-order valence-electron chi connectivity index (χ0n) is 10.4. The predicted octanol–water partition coefficient (Wildman–Crippen LogP) is 3.08. The minimum atomic E-state index is -3.71. The van der Waals surface area contributed by atoms with Crippen molar-refractivity contribution in [2.75, 3.05) is 13.2 Å². The van der Waals surface area contributed by atoms with Gasteiger partial charge in [-0.2, -0.15) is 0 Å². The topological polar surface area (TPSA) is 72.8 Å². The molecule has 100 valence electrons. The highest BCUT2D eigenvalue weighted by Gasteiger charge is 2.42. The molecule has 0 bridgehead atoms. The Morgan fingerprint density at radius 2 is 1.72 bits per heavy atom. The van der Waals surface area contributed by atoms with E-state index in [0.717, 1.165) is 0 Å². The monoisotopic (exact) mass is 272 g/mol. The first kappa shape index (κ1) is 14.9. The lowest BCUT2D eigenvalue weighted by Crippen LogP contribution is -2.15. The van der Waals surface area contributed by atoms with Gasteiger partial charge in [0.05, 0.1) is 13.2 Å². The van der Waals surface area contributed by atoms with Gasteiger partial charge in [-0.05, 0) is 19.4 Å². The van der Waals surface area contributed by atoms with Crippen LogP contribution in [-0.2, 0) is 18.4 Å². The summed E-state index contributed by atoms with van der Waals surface area (Å²) in [4.78, 5) is 11.4. The summed E-state index contributed by atoms with van der Waals surface area (Å²) in [6.45, 7) is 3.56. The van der Waals surface area contributed by atoms with E-state index >= 15 is 0 Å². The molecule has 0 aromatic heterocycles. The van der Waals surface area contributed by atoms with Gasteiger partial charge in [-0.3, -0.25) is 9.36 Å². The average molecular weight is 272 g/mol. The van der Waals surface area contributed by atoms with Crippen molar-refractivity contribution in [1.82, 2.24) is 0 Å². The Bertz CT molecular complexity index is 421. The van der Waals surface area contributed by atoms with Gasteiger partial charge in [0.15, 0.2) is 5.66 Å². The number of carboxylic acid groups (broad SMARTS) is 1. The van der Waals surface area contributed by atoms with E-state index in [4.69, 9.17) is 9.05 Å². The number of carbonyl (C=O) groups is 1. The first-order chi connectivity index (χ1) is 8.55. The van der Waals surface area contributed by atoms with E-state index in [1.807, 2.05) is 0 Å². The first-order valence-corrected chi connectivity index (χ1v) is 7.33. The highest BCUT2D eigenvalue weighted by atomic mass is 31.2. The van der Waals surface area contributed by atoms with Gasteiger partial charge in [-0.15, -0.1) is 0 Å². The minimum Gasteiger partial charge on any atom is -0.480 e. The number of rotatable bonds is 7. The van der Waals surface area contributed by atoms with Crippen molar-refractivity contribution in [3.05, 3.63) is 35.9 Å². The lowest BCUT2D eigenvalue weighted by Gasteiger charge is -2.23. The second-order valence-corrected chi connectivity index (χ2v) is 5.64. The third-order valence-electron chi connectivity index (χ3n) is 2.28. The SMILES string of the molecule is CCOP(=O)(OCC)C(C(=O)O)c1ccccc1. The second kappa shape index (κ2) is 6.69. The van der Waals surface area contributed by atoms with E-state index in [1.54, 1.807) is 44.2 Å². The smallest absolute Gasteiger partial charge is 0.349 e. The van der Waals surface area contributed by atoms with Crippen LogP contribution < -0.4 is 0 Å². The summed E-state index contributed by atoms with van der Waals surface area (Å²) < 4.78 is 22.7. The van der Waals surface area contributed by atoms with Crippen LogP contribution in [0.15, 0.2) is 30.3 Å². The van der Waals surface area contributed by atoms with Gasteiger partial charge < -0.3 is 14.2 Å². The van der Waals surface area contributed by atoms with Crippen LogP contribution >= 0.6 is 7.60 Å². The highest BCUT2D eigenvalue weighted by Crippen LogP contribution is 2.60. The van der Waals surface area contributed by atoms with Gasteiger partial charge in [0, 0.05) is 0 Å². The van der Waals surface area contributed by atoms with E-state index in [0.29, 0.717) is 5.56 Å². The van der Waals surface area contributed by atoms with E-state index in [1.165, 1.54) is 0 Å². The standard InChI is InChI=1S/C12H17O5P/c1-3-16-18(15,17-4-2)11(12(13)14)10-8-6-5-7-9-10/h5-9,11H,3-4H2,1-2H3,(H,13,14). The Morgan fingerprint density at radius 1 is 1.22 bits per heavy atom. The molecule has 0 fully saturated rings. The van der Waals surface area contributed by atoms with E-state index in [-0.39, 0.29) is 13.2 Å². The first-order valence-electron chi connectivity index (χ1n) is 5.71. The summed E-state index contributed by atoms with van der Waals surface area (Å²) >= 11 is 0. The maximum absolute atomic E-state index is 12.5. The van der Waals surface area contributed by atoms with E-state index in [2.05, 4.69) is 0 Å². The number of carboxylic acids is 1. The van der Waals surface area contributed by atoms with Crippen molar-refractivity contribution in [2.24, 2.45) is 0 Å². The fourth-order valence-electron chi connectivity index (χ4n) is 1.64. The molecular formula is C12H17O5P. The van der Waals surface area contributed by atoms with Gasteiger partial charge in [0.25, 0.3) is 0 Å². The fourth-order valence-corrected chi connectivity index (χ4v) is 3.54. The molecule has 0 saturated heterocycles. The van der Waals surface area contributed by atoms with Gasteiger partial charge in [-0.25, -0.2) is 0 Å². The van der Waals surface area contributed by atoms with Gasteiger partial charge >= 0.3 is 13.6 Å². The molecule has 18 heavy (non-hydrogen) atoms. The fraction of sp³-hybridized carbons (Fsp3) is 0.417. The lowest BCUT2D eigenvalue weighted by molar-refractivity contribution is -0.137. The van der Waals surface area contributed by atoms with Crippen LogP contribution in [0.1, 0.15) is 25.1 Å². The zero-order chi connectivity index (χ0) is 13.6. The van der Waals surface area contributed by atoms with Crippen molar-refractivity contribution in [3.8, 4) is 0 Å². The number of benzene rings is 1. The Balaban J connectivity index is 3.18. The minimum absolute atomic E-state index is 0.133. The molecule has 0 spiro atoms. The van der Waals surface area contributed by atoms with Crippen molar-refractivity contribution in [1.29, 1.82) is 0 Å². The quantitative estimate of drug-likeness (QED) is 0.772. The maximum atomic E-state index is 12.5. The van der Waals surface area contributed by atoms with E-state index < -0.39 is 19.2 Å². The largest absolute Gasteiger partial charge is 0.480 e. The summed E-state index contributed by atoms with van der Waals surface area (Å²) in [6.07, 6.45) is 0. The number of hydrogen-bond donors (Lipinski definition) is 1. The molecule has 5 nitrogen and oxygen atoms in total. The molecule has 0 radical (unpaired) electrons. The number of hydrogen-bond acceptors (Lipinski definition) is 4. The third kappa shape index (κ3) is 3.42. The number of aliphatic carboxylic acids is 1. The summed E-state index contributed by atoms with van der Waals surface area (Å²) in [6, 6.07) is 8.34. The van der Waals surface area contributed by atoms with Crippen molar-refractivity contribution < 1.29 is 23.5 Å². The third-order valence-corrected chi connectivity index (χ3v) is 4.67. The van der Waals surface area contributed by atoms with Crippen LogP contribution in [0.25, 0.3) is 0 Å². The molecule has 0 heterocycles. The van der Waals surface area contributed by atoms with Crippen molar-refractivity contribution in [2.45, 2.75) is 19.5 Å². The predicted molar refractivity (Wildman–Crippen MR) is 67.7 cm³/mol. The summed E-state index contributed by atoms with van der Waals surface area (Å²) in [5.41, 5.74) is -0.881. The zero-order valence-corrected chi connectivity index (χ0v) is 11.3. The molecular weight excluding hydrogens is 255 g/mol. The summed E-state index contributed by atoms with van der Waals surface area (Å²) in [5.74, 6) is -1.22. The second-order valence-electron chi connectivity index (χ2n) is 3.53. The normalized spacial score (nSPS) is 13.2. The molecule has 6 heteroatoms. The van der Waals surface area contributed by atoms with Crippen LogP contribution in [0.2, 0.25) is 0 Å². The Labute approximate surface area is 106 Å². The van der Waals surface area contributed by atoms with Gasteiger partial charge in [0.1, 0.15) is 0 Å². The molecule has 0 saturated carbocycles. The van der Waals surface area contributed by atoms with Crippen molar-refractivity contribution in [3.63, 3.8) is 0 Å². The Hall–Kier alpha value is -1.16. The Morgan fingerprint density at radius 3 is 2.11 bits per heavy atom. The van der Waals surface area contributed by atoms with Crippen LogP contribution in [0.4, 0.5) is 0 Å².